The summed E-state index contributed by atoms with van der Waals surface area (Å²) in [5, 5.41) is 19.5. The zero-order chi connectivity index (χ0) is 19.9. The Hall–Kier alpha value is -2.20. The fraction of sp³-hybridized carbons (Fsp3) is 0.500. The van der Waals surface area contributed by atoms with Gasteiger partial charge in [0.05, 0.1) is 11.8 Å². The predicted molar refractivity (Wildman–Crippen MR) is 116 cm³/mol. The molecule has 0 aliphatic rings. The number of aromatic nitrogens is 3. The van der Waals surface area contributed by atoms with Crippen LogP contribution in [0.25, 0.3) is 16.7 Å². The van der Waals surface area contributed by atoms with Gasteiger partial charge in [0.1, 0.15) is 11.0 Å². The minimum atomic E-state index is -0.308. The molecular weight excluding hydrogens is 346 g/mol. The third kappa shape index (κ3) is 5.20. The van der Waals surface area contributed by atoms with E-state index in [0.717, 1.165) is 41.0 Å². The fourth-order valence-electron chi connectivity index (χ4n) is 3.62. The van der Waals surface area contributed by atoms with E-state index in [-0.39, 0.29) is 6.10 Å². The second-order valence-electron chi connectivity index (χ2n) is 7.99. The van der Waals surface area contributed by atoms with Gasteiger partial charge in [0.2, 0.25) is 0 Å². The molecule has 0 spiro atoms. The first kappa shape index (κ1) is 20.5. The quantitative estimate of drug-likeness (QED) is 0.506. The predicted octanol–water partition coefficient (Wildman–Crippen LogP) is 5.49. The van der Waals surface area contributed by atoms with E-state index in [2.05, 4.69) is 32.0 Å². The average Bonchev–Trinajstić information content (AvgIpc) is 3.15. The van der Waals surface area contributed by atoms with Crippen LogP contribution < -0.4 is 0 Å². The van der Waals surface area contributed by atoms with Gasteiger partial charge in [-0.2, -0.15) is 4.80 Å². The van der Waals surface area contributed by atoms with E-state index < -0.39 is 0 Å². The Bertz CT molecular complexity index is 853. The lowest BCUT2D eigenvalue weighted by molar-refractivity contribution is 0.171. The summed E-state index contributed by atoms with van der Waals surface area (Å²) >= 11 is 0. The highest BCUT2D eigenvalue weighted by Gasteiger charge is 2.13. The SMILES string of the molecule is CCCCC(C)CCc1ccc(CC(O)CC)cc1-n1nc2ccccc2n1. The van der Waals surface area contributed by atoms with Gasteiger partial charge in [0, 0.05) is 0 Å². The molecule has 2 atom stereocenters. The lowest BCUT2D eigenvalue weighted by atomic mass is 9.94. The van der Waals surface area contributed by atoms with E-state index in [0.29, 0.717) is 6.42 Å². The summed E-state index contributed by atoms with van der Waals surface area (Å²) in [6.45, 7) is 6.61. The number of hydrogen-bond acceptors (Lipinski definition) is 3. The van der Waals surface area contributed by atoms with Gasteiger partial charge in [-0.1, -0.05) is 64.3 Å². The molecule has 0 radical (unpaired) electrons. The first-order chi connectivity index (χ1) is 13.6. The molecule has 3 aromatic rings. The zero-order valence-corrected chi connectivity index (χ0v) is 17.4. The second-order valence-corrected chi connectivity index (χ2v) is 7.99. The molecular formula is C24H33N3O. The number of hydrogen-bond donors (Lipinski definition) is 1. The molecule has 0 amide bonds. The van der Waals surface area contributed by atoms with E-state index in [1.54, 1.807) is 4.80 Å². The van der Waals surface area contributed by atoms with Gasteiger partial charge < -0.3 is 5.11 Å². The molecule has 150 valence electrons. The van der Waals surface area contributed by atoms with Crippen molar-refractivity contribution in [2.24, 2.45) is 5.92 Å². The molecule has 4 heteroatoms. The highest BCUT2D eigenvalue weighted by Crippen LogP contribution is 2.23. The van der Waals surface area contributed by atoms with E-state index in [9.17, 15) is 5.11 Å². The first-order valence-corrected chi connectivity index (χ1v) is 10.7. The Morgan fingerprint density at radius 2 is 1.71 bits per heavy atom. The Morgan fingerprint density at radius 3 is 2.36 bits per heavy atom. The number of benzene rings is 2. The van der Waals surface area contributed by atoms with E-state index in [4.69, 9.17) is 10.2 Å². The fourth-order valence-corrected chi connectivity index (χ4v) is 3.62. The zero-order valence-electron chi connectivity index (χ0n) is 17.4. The van der Waals surface area contributed by atoms with E-state index >= 15 is 0 Å². The number of aliphatic hydroxyl groups excluding tert-OH is 1. The first-order valence-electron chi connectivity index (χ1n) is 10.7. The van der Waals surface area contributed by atoms with Crippen LogP contribution in [0.3, 0.4) is 0 Å². The summed E-state index contributed by atoms with van der Waals surface area (Å²) < 4.78 is 0. The van der Waals surface area contributed by atoms with Crippen LogP contribution in [0, 0.1) is 5.92 Å². The van der Waals surface area contributed by atoms with E-state index in [1.165, 1.54) is 31.2 Å². The maximum absolute atomic E-state index is 10.1. The van der Waals surface area contributed by atoms with Crippen molar-refractivity contribution in [1.82, 2.24) is 15.0 Å². The summed E-state index contributed by atoms with van der Waals surface area (Å²) in [4.78, 5) is 1.78. The normalized spacial score (nSPS) is 13.7. The molecule has 0 fully saturated rings. The molecule has 1 heterocycles. The standard InChI is InChI=1S/C24H33N3O/c1-4-6-9-18(3)12-14-20-15-13-19(16-21(28)5-2)17-24(20)27-25-22-10-7-8-11-23(22)26-27/h7-8,10-11,13,15,17-18,21,28H,4-6,9,12,14,16H2,1-3H3. The number of fused-ring (bicyclic) bond motifs is 1. The molecule has 4 nitrogen and oxygen atoms in total. The maximum Gasteiger partial charge on any atom is 0.113 e. The van der Waals surface area contributed by atoms with Crippen LogP contribution >= 0.6 is 0 Å². The van der Waals surface area contributed by atoms with Crippen LogP contribution in [-0.2, 0) is 12.8 Å². The number of unbranched alkanes of at least 4 members (excludes halogenated alkanes) is 1. The topological polar surface area (TPSA) is 50.9 Å². The van der Waals surface area contributed by atoms with Gasteiger partial charge in [0.25, 0.3) is 0 Å². The van der Waals surface area contributed by atoms with Crippen molar-refractivity contribution in [2.75, 3.05) is 0 Å². The molecule has 3 rings (SSSR count). The lowest BCUT2D eigenvalue weighted by Gasteiger charge is -2.15. The van der Waals surface area contributed by atoms with Crippen LogP contribution in [0.2, 0.25) is 0 Å². The van der Waals surface area contributed by atoms with Gasteiger partial charge in [-0.25, -0.2) is 0 Å². The number of aliphatic hydroxyl groups is 1. The monoisotopic (exact) mass is 379 g/mol. The van der Waals surface area contributed by atoms with Crippen molar-refractivity contribution >= 4 is 11.0 Å². The highest BCUT2D eigenvalue weighted by molar-refractivity contribution is 5.73. The Morgan fingerprint density at radius 1 is 1.00 bits per heavy atom. The minimum Gasteiger partial charge on any atom is -0.393 e. The molecule has 2 aromatic carbocycles. The summed E-state index contributed by atoms with van der Waals surface area (Å²) in [6.07, 6.45) is 7.16. The minimum absolute atomic E-state index is 0.308. The van der Waals surface area contributed by atoms with Crippen LogP contribution in [0.5, 0.6) is 0 Å². The van der Waals surface area contributed by atoms with Crippen molar-refractivity contribution < 1.29 is 5.11 Å². The molecule has 0 saturated carbocycles. The second kappa shape index (κ2) is 9.83. The van der Waals surface area contributed by atoms with Crippen LogP contribution in [0.1, 0.15) is 64.0 Å². The van der Waals surface area contributed by atoms with Crippen molar-refractivity contribution in [3.8, 4) is 5.69 Å². The summed E-state index contributed by atoms with van der Waals surface area (Å²) in [7, 11) is 0. The van der Waals surface area contributed by atoms with Gasteiger partial charge >= 0.3 is 0 Å². The van der Waals surface area contributed by atoms with Gasteiger partial charge in [0.15, 0.2) is 0 Å². The molecule has 0 saturated heterocycles. The third-order valence-corrected chi connectivity index (χ3v) is 5.55. The molecule has 0 aliphatic carbocycles. The van der Waals surface area contributed by atoms with Crippen molar-refractivity contribution in [3.05, 3.63) is 53.6 Å². The van der Waals surface area contributed by atoms with Crippen LogP contribution in [0.15, 0.2) is 42.5 Å². The molecule has 1 aromatic heterocycles. The van der Waals surface area contributed by atoms with Crippen molar-refractivity contribution in [3.63, 3.8) is 0 Å². The van der Waals surface area contributed by atoms with E-state index in [1.807, 2.05) is 31.2 Å². The molecule has 28 heavy (non-hydrogen) atoms. The van der Waals surface area contributed by atoms with Gasteiger partial charge in [-0.3, -0.25) is 0 Å². The maximum atomic E-state index is 10.1. The van der Waals surface area contributed by atoms with Crippen molar-refractivity contribution in [2.45, 2.75) is 71.8 Å². The van der Waals surface area contributed by atoms with Crippen LogP contribution in [-0.4, -0.2) is 26.2 Å². The molecule has 0 aliphatic heterocycles. The highest BCUT2D eigenvalue weighted by atomic mass is 16.3. The molecule has 1 N–H and O–H groups in total. The summed E-state index contributed by atoms with van der Waals surface area (Å²) in [5.74, 6) is 0.721. The van der Waals surface area contributed by atoms with Crippen molar-refractivity contribution in [1.29, 1.82) is 0 Å². The molecule has 0 bridgehead atoms. The van der Waals surface area contributed by atoms with Crippen LogP contribution in [0.4, 0.5) is 0 Å². The van der Waals surface area contributed by atoms with Gasteiger partial charge in [-0.15, -0.1) is 10.2 Å². The lowest BCUT2D eigenvalue weighted by Crippen LogP contribution is -2.11. The number of rotatable bonds is 10. The summed E-state index contributed by atoms with van der Waals surface area (Å²) in [6, 6.07) is 14.5. The Kier molecular flexibility index (Phi) is 7.21. The smallest absolute Gasteiger partial charge is 0.113 e. The summed E-state index contributed by atoms with van der Waals surface area (Å²) in [5.41, 5.74) is 5.26. The largest absolute Gasteiger partial charge is 0.393 e. The van der Waals surface area contributed by atoms with Gasteiger partial charge in [-0.05, 0) is 60.9 Å². The number of nitrogens with zero attached hydrogens (tertiary/aromatic N) is 3. The molecule has 2 unspecified atom stereocenters. The number of aryl methyl sites for hydroxylation is 1. The third-order valence-electron chi connectivity index (χ3n) is 5.55. The Balaban J connectivity index is 1.89. The average molecular weight is 380 g/mol. The Labute approximate surface area is 168 Å².